The highest BCUT2D eigenvalue weighted by atomic mass is 32.2. The fraction of sp³-hybridized carbons (Fsp3) is 0.692. The molecule has 3 unspecified atom stereocenters. The highest BCUT2D eigenvalue weighted by molar-refractivity contribution is 7.84. The summed E-state index contributed by atoms with van der Waals surface area (Å²) in [6.07, 6.45) is 6.18. The Hall–Kier alpha value is -1.05. The second-order valence-electron chi connectivity index (χ2n) is 4.23. The Morgan fingerprint density at radius 2 is 1.90 bits per heavy atom. The van der Waals surface area contributed by atoms with Crippen LogP contribution in [0.5, 0.6) is 5.88 Å². The first-order valence-corrected chi connectivity index (χ1v) is 7.70. The standard InChI is InChI=1S/C6H8N2O2S.C6H10O2.CH4/c1-10-5-3-4-7-6(8-5)11(2)9;1-3-7-6-2-4-8-5(1)6;/h3-4H,1-2H3;5-6H,1-4H2;1H4. The van der Waals surface area contributed by atoms with E-state index in [0.29, 0.717) is 23.2 Å². The van der Waals surface area contributed by atoms with Gasteiger partial charge in [-0.05, 0) is 12.8 Å². The summed E-state index contributed by atoms with van der Waals surface area (Å²) in [6, 6.07) is 1.61. The van der Waals surface area contributed by atoms with E-state index < -0.39 is 10.8 Å². The summed E-state index contributed by atoms with van der Waals surface area (Å²) in [4.78, 5) is 7.65. The molecule has 114 valence electrons. The summed E-state index contributed by atoms with van der Waals surface area (Å²) in [7, 11) is 0.362. The van der Waals surface area contributed by atoms with Crippen molar-refractivity contribution in [2.75, 3.05) is 26.6 Å². The van der Waals surface area contributed by atoms with Gasteiger partial charge in [-0.2, -0.15) is 4.98 Å². The molecule has 0 radical (unpaired) electrons. The van der Waals surface area contributed by atoms with Crippen LogP contribution in [0, 0.1) is 0 Å². The van der Waals surface area contributed by atoms with Gasteiger partial charge in [0.25, 0.3) is 0 Å². The number of hydrogen-bond acceptors (Lipinski definition) is 6. The van der Waals surface area contributed by atoms with Gasteiger partial charge in [-0.15, -0.1) is 0 Å². The van der Waals surface area contributed by atoms with Crippen molar-refractivity contribution < 1.29 is 18.4 Å². The number of methoxy groups -OCH3 is 1. The molecule has 1 aromatic rings. The highest BCUT2D eigenvalue weighted by Crippen LogP contribution is 2.25. The van der Waals surface area contributed by atoms with Crippen molar-refractivity contribution in [2.24, 2.45) is 0 Å². The van der Waals surface area contributed by atoms with Gasteiger partial charge in [0.05, 0.1) is 30.1 Å². The van der Waals surface area contributed by atoms with E-state index in [-0.39, 0.29) is 7.43 Å². The number of aromatic nitrogens is 2. The van der Waals surface area contributed by atoms with Crippen LogP contribution in [0.4, 0.5) is 0 Å². The minimum atomic E-state index is -1.14. The van der Waals surface area contributed by atoms with E-state index in [2.05, 4.69) is 9.97 Å². The molecule has 0 bridgehead atoms. The SMILES string of the molecule is C.C1CC2OCCC2O1.COc1ccnc(S(C)=O)n1. The number of rotatable bonds is 2. The largest absolute Gasteiger partial charge is 0.481 e. The van der Waals surface area contributed by atoms with Gasteiger partial charge in [-0.25, -0.2) is 4.98 Å². The summed E-state index contributed by atoms with van der Waals surface area (Å²) >= 11 is 0. The quantitative estimate of drug-likeness (QED) is 0.770. The van der Waals surface area contributed by atoms with Gasteiger partial charge in [0.1, 0.15) is 0 Å². The Morgan fingerprint density at radius 3 is 2.40 bits per heavy atom. The van der Waals surface area contributed by atoms with Gasteiger partial charge in [-0.3, -0.25) is 4.21 Å². The van der Waals surface area contributed by atoms with Gasteiger partial charge in [0.15, 0.2) is 0 Å². The maximum absolute atomic E-state index is 10.8. The molecular formula is C13H22N2O4S. The molecule has 3 rings (SSSR count). The molecule has 2 fully saturated rings. The molecule has 6 nitrogen and oxygen atoms in total. The maximum Gasteiger partial charge on any atom is 0.221 e. The van der Waals surface area contributed by atoms with Gasteiger partial charge >= 0.3 is 0 Å². The van der Waals surface area contributed by atoms with Crippen LogP contribution in [0.3, 0.4) is 0 Å². The van der Waals surface area contributed by atoms with Crippen molar-refractivity contribution in [1.29, 1.82) is 0 Å². The van der Waals surface area contributed by atoms with Gasteiger partial charge in [0.2, 0.25) is 11.0 Å². The smallest absolute Gasteiger partial charge is 0.221 e. The lowest BCUT2D eigenvalue weighted by atomic mass is 10.2. The summed E-state index contributed by atoms with van der Waals surface area (Å²) in [5, 5.41) is 0.296. The third kappa shape index (κ3) is 4.50. The van der Waals surface area contributed by atoms with Crippen molar-refractivity contribution in [3.05, 3.63) is 12.3 Å². The minimum Gasteiger partial charge on any atom is -0.481 e. The zero-order valence-corrected chi connectivity index (χ0v) is 11.9. The van der Waals surface area contributed by atoms with Crippen LogP contribution < -0.4 is 4.74 Å². The van der Waals surface area contributed by atoms with Crippen LogP contribution in [0.1, 0.15) is 20.3 Å². The molecule has 0 aliphatic carbocycles. The van der Waals surface area contributed by atoms with Crippen LogP contribution in [0.25, 0.3) is 0 Å². The second-order valence-corrected chi connectivity index (χ2v) is 5.50. The predicted molar refractivity (Wildman–Crippen MR) is 76.4 cm³/mol. The van der Waals surface area contributed by atoms with E-state index in [4.69, 9.17) is 14.2 Å². The second kappa shape index (κ2) is 8.28. The Labute approximate surface area is 122 Å². The van der Waals surface area contributed by atoms with Crippen LogP contribution in [-0.2, 0) is 20.3 Å². The number of hydrogen-bond donors (Lipinski definition) is 0. The molecule has 20 heavy (non-hydrogen) atoms. The average molecular weight is 302 g/mol. The highest BCUT2D eigenvalue weighted by Gasteiger charge is 2.33. The average Bonchev–Trinajstić information content (AvgIpc) is 3.03. The molecule has 0 amide bonds. The lowest BCUT2D eigenvalue weighted by Crippen LogP contribution is -2.13. The van der Waals surface area contributed by atoms with E-state index in [1.165, 1.54) is 19.6 Å². The number of ether oxygens (including phenoxy) is 3. The topological polar surface area (TPSA) is 70.5 Å². The van der Waals surface area contributed by atoms with E-state index >= 15 is 0 Å². The zero-order valence-electron chi connectivity index (χ0n) is 11.1. The third-order valence-electron chi connectivity index (χ3n) is 2.96. The molecule has 2 aliphatic rings. The van der Waals surface area contributed by atoms with Gasteiger partial charge < -0.3 is 14.2 Å². The number of fused-ring (bicyclic) bond motifs is 1. The van der Waals surface area contributed by atoms with E-state index in [0.717, 1.165) is 26.1 Å². The summed E-state index contributed by atoms with van der Waals surface area (Å²) in [5.74, 6) is 0.435. The monoisotopic (exact) mass is 302 g/mol. The van der Waals surface area contributed by atoms with E-state index in [9.17, 15) is 4.21 Å². The van der Waals surface area contributed by atoms with Crippen molar-refractivity contribution in [1.82, 2.24) is 9.97 Å². The molecule has 0 aromatic carbocycles. The van der Waals surface area contributed by atoms with Crippen LogP contribution in [-0.4, -0.2) is 53.0 Å². The lowest BCUT2D eigenvalue weighted by molar-refractivity contribution is 0.0732. The summed E-state index contributed by atoms with van der Waals surface area (Å²) in [6.45, 7) is 1.82. The first-order chi connectivity index (χ1) is 9.20. The molecule has 0 saturated carbocycles. The fourth-order valence-electron chi connectivity index (χ4n) is 2.00. The maximum atomic E-state index is 10.8. The fourth-order valence-corrected chi connectivity index (χ4v) is 2.43. The van der Waals surface area contributed by atoms with E-state index in [1.54, 1.807) is 6.07 Å². The van der Waals surface area contributed by atoms with Crippen molar-refractivity contribution >= 4 is 10.8 Å². The first-order valence-electron chi connectivity index (χ1n) is 6.14. The van der Waals surface area contributed by atoms with Gasteiger partial charge in [0, 0.05) is 31.7 Å². The number of nitrogens with zero attached hydrogens (tertiary/aromatic N) is 2. The molecule has 1 aromatic heterocycles. The molecule has 0 spiro atoms. The Kier molecular flexibility index (Phi) is 7.04. The Balaban J connectivity index is 0.000000197. The van der Waals surface area contributed by atoms with Gasteiger partial charge in [-0.1, -0.05) is 7.43 Å². The Morgan fingerprint density at radius 1 is 1.30 bits per heavy atom. The zero-order chi connectivity index (χ0) is 13.7. The van der Waals surface area contributed by atoms with Crippen molar-refractivity contribution in [3.8, 4) is 5.88 Å². The van der Waals surface area contributed by atoms with Crippen LogP contribution >= 0.6 is 0 Å². The summed E-state index contributed by atoms with van der Waals surface area (Å²) in [5.41, 5.74) is 0. The molecule has 7 heteroatoms. The Bertz CT molecular complexity index is 424. The molecule has 3 atom stereocenters. The van der Waals surface area contributed by atoms with Crippen molar-refractivity contribution in [2.45, 2.75) is 37.6 Å². The van der Waals surface area contributed by atoms with E-state index in [1.807, 2.05) is 0 Å². The molecular weight excluding hydrogens is 280 g/mol. The molecule has 2 aliphatic heterocycles. The first kappa shape index (κ1) is 17.0. The van der Waals surface area contributed by atoms with Crippen LogP contribution in [0.2, 0.25) is 0 Å². The summed E-state index contributed by atoms with van der Waals surface area (Å²) < 4.78 is 26.4. The third-order valence-corrected chi connectivity index (χ3v) is 3.67. The normalized spacial score (nSPS) is 24.9. The van der Waals surface area contributed by atoms with Crippen molar-refractivity contribution in [3.63, 3.8) is 0 Å². The molecule has 2 saturated heterocycles. The van der Waals surface area contributed by atoms with Crippen LogP contribution in [0.15, 0.2) is 17.4 Å². The molecule has 3 heterocycles. The predicted octanol–water partition coefficient (Wildman–Crippen LogP) is 1.42. The lowest BCUT2D eigenvalue weighted by Gasteiger charge is -2.03. The minimum absolute atomic E-state index is 0. The molecule has 0 N–H and O–H groups in total.